The van der Waals surface area contributed by atoms with Crippen molar-refractivity contribution in [3.8, 4) is 11.5 Å². The summed E-state index contributed by atoms with van der Waals surface area (Å²) in [5.41, 5.74) is 1.01. The number of aliphatic hydroxyl groups is 1. The van der Waals surface area contributed by atoms with Crippen molar-refractivity contribution in [2.75, 3.05) is 14.2 Å². The highest BCUT2D eigenvalue weighted by molar-refractivity contribution is 14.1. The van der Waals surface area contributed by atoms with Crippen molar-refractivity contribution >= 4 is 22.6 Å². The van der Waals surface area contributed by atoms with E-state index in [0.717, 1.165) is 20.6 Å². The van der Waals surface area contributed by atoms with Gasteiger partial charge in [0.15, 0.2) is 0 Å². The second-order valence-corrected chi connectivity index (χ2v) is 4.45. The average molecular weight is 322 g/mol. The Labute approximate surface area is 104 Å². The monoisotopic (exact) mass is 322 g/mol. The minimum atomic E-state index is -0.362. The van der Waals surface area contributed by atoms with Crippen molar-refractivity contribution in [3.63, 3.8) is 0 Å². The standard InChI is InChI=1S/C11H15IO3/c1-7(13)4-8-5-9(14-2)11(12)10(6-8)15-3/h5-7,13H,4H2,1-3H3. The fraction of sp³-hybridized carbons (Fsp3) is 0.455. The zero-order valence-electron chi connectivity index (χ0n) is 9.08. The van der Waals surface area contributed by atoms with Gasteiger partial charge in [-0.05, 0) is 53.6 Å². The second kappa shape index (κ2) is 5.55. The molecule has 3 nitrogen and oxygen atoms in total. The number of halogens is 1. The number of benzene rings is 1. The molecule has 4 heteroatoms. The van der Waals surface area contributed by atoms with Crippen LogP contribution in [0.25, 0.3) is 0 Å². The van der Waals surface area contributed by atoms with Crippen molar-refractivity contribution in [2.45, 2.75) is 19.4 Å². The minimum Gasteiger partial charge on any atom is -0.495 e. The van der Waals surface area contributed by atoms with E-state index in [-0.39, 0.29) is 6.10 Å². The van der Waals surface area contributed by atoms with Crippen molar-refractivity contribution < 1.29 is 14.6 Å². The summed E-state index contributed by atoms with van der Waals surface area (Å²) in [5.74, 6) is 1.57. The van der Waals surface area contributed by atoms with Crippen LogP contribution in [0.15, 0.2) is 12.1 Å². The lowest BCUT2D eigenvalue weighted by Gasteiger charge is -2.12. The Morgan fingerprint density at radius 1 is 1.27 bits per heavy atom. The molecule has 0 radical (unpaired) electrons. The van der Waals surface area contributed by atoms with E-state index in [2.05, 4.69) is 22.6 Å². The van der Waals surface area contributed by atoms with Gasteiger partial charge in [-0.1, -0.05) is 0 Å². The SMILES string of the molecule is COc1cc(CC(C)O)cc(OC)c1I. The maximum atomic E-state index is 9.32. The van der Waals surface area contributed by atoms with E-state index < -0.39 is 0 Å². The number of aliphatic hydroxyl groups excluding tert-OH is 1. The van der Waals surface area contributed by atoms with E-state index in [1.807, 2.05) is 12.1 Å². The van der Waals surface area contributed by atoms with E-state index in [0.29, 0.717) is 6.42 Å². The Balaban J connectivity index is 3.09. The fourth-order valence-electron chi connectivity index (χ4n) is 1.38. The Bertz CT molecular complexity index is 312. The molecule has 0 aliphatic rings. The molecular formula is C11H15IO3. The summed E-state index contributed by atoms with van der Waals surface area (Å²) in [6.45, 7) is 1.76. The smallest absolute Gasteiger partial charge is 0.136 e. The van der Waals surface area contributed by atoms with Gasteiger partial charge in [-0.3, -0.25) is 0 Å². The molecule has 0 aliphatic heterocycles. The van der Waals surface area contributed by atoms with Crippen LogP contribution in [0.4, 0.5) is 0 Å². The lowest BCUT2D eigenvalue weighted by Crippen LogP contribution is -2.05. The van der Waals surface area contributed by atoms with Crippen LogP contribution >= 0.6 is 22.6 Å². The molecule has 0 heterocycles. The van der Waals surface area contributed by atoms with Crippen LogP contribution in [-0.4, -0.2) is 25.4 Å². The van der Waals surface area contributed by atoms with Gasteiger partial charge in [0.05, 0.1) is 23.9 Å². The molecule has 1 unspecified atom stereocenters. The number of hydrogen-bond acceptors (Lipinski definition) is 3. The van der Waals surface area contributed by atoms with Crippen molar-refractivity contribution in [3.05, 3.63) is 21.3 Å². The molecule has 0 fully saturated rings. The summed E-state index contributed by atoms with van der Waals surface area (Å²) in [6.07, 6.45) is 0.239. The van der Waals surface area contributed by atoms with E-state index in [9.17, 15) is 5.11 Å². The predicted molar refractivity (Wildman–Crippen MR) is 67.6 cm³/mol. The van der Waals surface area contributed by atoms with Crippen LogP contribution in [0.2, 0.25) is 0 Å². The van der Waals surface area contributed by atoms with Crippen LogP contribution in [0.1, 0.15) is 12.5 Å². The Hall–Kier alpha value is -0.490. The molecule has 1 N–H and O–H groups in total. The predicted octanol–water partition coefficient (Wildman–Crippen LogP) is 2.23. The van der Waals surface area contributed by atoms with Crippen molar-refractivity contribution in [2.24, 2.45) is 0 Å². The molecule has 1 rings (SSSR count). The largest absolute Gasteiger partial charge is 0.495 e. The van der Waals surface area contributed by atoms with Crippen LogP contribution in [-0.2, 0) is 6.42 Å². The van der Waals surface area contributed by atoms with Crippen LogP contribution in [0.3, 0.4) is 0 Å². The first-order chi connectivity index (χ1) is 7.08. The zero-order valence-corrected chi connectivity index (χ0v) is 11.2. The quantitative estimate of drug-likeness (QED) is 0.864. The lowest BCUT2D eigenvalue weighted by atomic mass is 10.1. The molecule has 84 valence electrons. The topological polar surface area (TPSA) is 38.7 Å². The molecule has 1 aromatic carbocycles. The van der Waals surface area contributed by atoms with E-state index in [1.165, 1.54) is 0 Å². The first kappa shape index (κ1) is 12.6. The van der Waals surface area contributed by atoms with Crippen LogP contribution < -0.4 is 9.47 Å². The summed E-state index contributed by atoms with van der Waals surface area (Å²) in [4.78, 5) is 0. The van der Waals surface area contributed by atoms with Crippen LogP contribution in [0.5, 0.6) is 11.5 Å². The molecule has 15 heavy (non-hydrogen) atoms. The van der Waals surface area contributed by atoms with Gasteiger partial charge in [0, 0.05) is 0 Å². The van der Waals surface area contributed by atoms with Gasteiger partial charge in [0.2, 0.25) is 0 Å². The summed E-state index contributed by atoms with van der Waals surface area (Å²) in [6, 6.07) is 3.86. The van der Waals surface area contributed by atoms with Crippen molar-refractivity contribution in [1.29, 1.82) is 0 Å². The maximum absolute atomic E-state index is 9.32. The first-order valence-electron chi connectivity index (χ1n) is 4.67. The highest BCUT2D eigenvalue weighted by atomic mass is 127. The Morgan fingerprint density at radius 2 is 1.73 bits per heavy atom. The van der Waals surface area contributed by atoms with E-state index in [1.54, 1.807) is 21.1 Å². The molecular weight excluding hydrogens is 307 g/mol. The Morgan fingerprint density at radius 3 is 2.07 bits per heavy atom. The number of rotatable bonds is 4. The van der Waals surface area contributed by atoms with Crippen LogP contribution in [0, 0.1) is 3.57 Å². The summed E-state index contributed by atoms with van der Waals surface area (Å²) >= 11 is 2.18. The number of methoxy groups -OCH3 is 2. The molecule has 1 aromatic rings. The molecule has 0 aliphatic carbocycles. The van der Waals surface area contributed by atoms with Gasteiger partial charge < -0.3 is 14.6 Å². The van der Waals surface area contributed by atoms with Gasteiger partial charge in [0.25, 0.3) is 0 Å². The molecule has 0 saturated carbocycles. The molecule has 0 bridgehead atoms. The number of hydrogen-bond donors (Lipinski definition) is 1. The summed E-state index contributed by atoms with van der Waals surface area (Å²) in [7, 11) is 3.26. The fourth-order valence-corrected chi connectivity index (χ4v) is 2.13. The molecule has 0 amide bonds. The van der Waals surface area contributed by atoms with Gasteiger partial charge >= 0.3 is 0 Å². The second-order valence-electron chi connectivity index (χ2n) is 3.37. The highest BCUT2D eigenvalue weighted by Gasteiger charge is 2.10. The third-order valence-electron chi connectivity index (χ3n) is 2.04. The normalized spacial score (nSPS) is 12.3. The summed E-state index contributed by atoms with van der Waals surface area (Å²) < 4.78 is 11.4. The van der Waals surface area contributed by atoms with Gasteiger partial charge in [-0.2, -0.15) is 0 Å². The van der Waals surface area contributed by atoms with E-state index >= 15 is 0 Å². The third-order valence-corrected chi connectivity index (χ3v) is 3.10. The van der Waals surface area contributed by atoms with E-state index in [4.69, 9.17) is 9.47 Å². The maximum Gasteiger partial charge on any atom is 0.136 e. The minimum absolute atomic E-state index is 0.362. The Kier molecular flexibility index (Phi) is 4.66. The zero-order chi connectivity index (χ0) is 11.4. The lowest BCUT2D eigenvalue weighted by molar-refractivity contribution is 0.195. The number of ether oxygens (including phenoxy) is 2. The highest BCUT2D eigenvalue weighted by Crippen LogP contribution is 2.32. The first-order valence-corrected chi connectivity index (χ1v) is 5.74. The summed E-state index contributed by atoms with van der Waals surface area (Å²) in [5, 5.41) is 9.32. The average Bonchev–Trinajstić information content (AvgIpc) is 2.19. The van der Waals surface area contributed by atoms with Gasteiger partial charge in [0.1, 0.15) is 11.5 Å². The molecule has 0 saturated heterocycles. The molecule has 0 aromatic heterocycles. The third kappa shape index (κ3) is 3.24. The van der Waals surface area contributed by atoms with Gasteiger partial charge in [-0.25, -0.2) is 0 Å². The molecule has 0 spiro atoms. The van der Waals surface area contributed by atoms with Crippen molar-refractivity contribution in [1.82, 2.24) is 0 Å². The molecule has 1 atom stereocenters. The van der Waals surface area contributed by atoms with Gasteiger partial charge in [-0.15, -0.1) is 0 Å².